The summed E-state index contributed by atoms with van der Waals surface area (Å²) in [6, 6.07) is 28.3. The Morgan fingerprint density at radius 1 is 0.868 bits per heavy atom. The Hall–Kier alpha value is -4.57. The van der Waals surface area contributed by atoms with Gasteiger partial charge in [0.15, 0.2) is 5.69 Å². The average molecular weight is 540 g/mol. The number of nitriles is 1. The minimum absolute atomic E-state index is 0.0562. The Balaban J connectivity index is 1.69. The van der Waals surface area contributed by atoms with Crippen LogP contribution in [0.25, 0.3) is 22.0 Å². The molecular formula is C30H19Cl2N3O3. The SMILES string of the molecule is N#Cc1ccc(-c2ccc3c(NC(=O)c4ccc(Cl)cc4)c(C(=O)O)n(Cc4cccc(Cl)c4)c3c2)cc1. The van der Waals surface area contributed by atoms with E-state index in [0.29, 0.717) is 32.1 Å². The molecule has 5 aromatic rings. The Morgan fingerprint density at radius 3 is 2.24 bits per heavy atom. The van der Waals surface area contributed by atoms with Crippen molar-refractivity contribution in [3.8, 4) is 17.2 Å². The summed E-state index contributed by atoms with van der Waals surface area (Å²) in [6.07, 6.45) is 0. The van der Waals surface area contributed by atoms with Crippen molar-refractivity contribution in [2.75, 3.05) is 5.32 Å². The minimum atomic E-state index is -1.19. The van der Waals surface area contributed by atoms with Gasteiger partial charge < -0.3 is 15.0 Å². The summed E-state index contributed by atoms with van der Waals surface area (Å²) in [4.78, 5) is 25.7. The first-order valence-electron chi connectivity index (χ1n) is 11.6. The summed E-state index contributed by atoms with van der Waals surface area (Å²) >= 11 is 12.2. The van der Waals surface area contributed by atoms with E-state index >= 15 is 0 Å². The number of anilines is 1. The summed E-state index contributed by atoms with van der Waals surface area (Å²) in [7, 11) is 0. The van der Waals surface area contributed by atoms with E-state index in [2.05, 4.69) is 11.4 Å². The van der Waals surface area contributed by atoms with Crippen LogP contribution in [-0.4, -0.2) is 21.6 Å². The van der Waals surface area contributed by atoms with Gasteiger partial charge in [-0.3, -0.25) is 4.79 Å². The summed E-state index contributed by atoms with van der Waals surface area (Å²) < 4.78 is 1.66. The highest BCUT2D eigenvalue weighted by atomic mass is 35.5. The number of amides is 1. The zero-order chi connectivity index (χ0) is 26.8. The second-order valence-corrected chi connectivity index (χ2v) is 9.50. The lowest BCUT2D eigenvalue weighted by Crippen LogP contribution is -2.16. The topological polar surface area (TPSA) is 95.1 Å². The maximum Gasteiger partial charge on any atom is 0.354 e. The van der Waals surface area contributed by atoms with Crippen molar-refractivity contribution in [2.24, 2.45) is 0 Å². The number of rotatable bonds is 6. The molecule has 1 heterocycles. The fraction of sp³-hybridized carbons (Fsp3) is 0.0333. The number of nitrogens with one attached hydrogen (secondary N) is 1. The van der Waals surface area contributed by atoms with E-state index in [4.69, 9.17) is 28.5 Å². The number of benzene rings is 4. The van der Waals surface area contributed by atoms with Crippen LogP contribution in [0.5, 0.6) is 0 Å². The van der Waals surface area contributed by atoms with Crippen molar-refractivity contribution < 1.29 is 14.7 Å². The van der Waals surface area contributed by atoms with Crippen molar-refractivity contribution in [3.63, 3.8) is 0 Å². The number of carboxylic acids is 1. The highest BCUT2D eigenvalue weighted by Gasteiger charge is 2.25. The number of aromatic carboxylic acids is 1. The van der Waals surface area contributed by atoms with Crippen LogP contribution in [0.15, 0.2) is 91.0 Å². The number of nitrogens with zero attached hydrogens (tertiary/aromatic N) is 2. The predicted octanol–water partition coefficient (Wildman–Crippen LogP) is 7.49. The van der Waals surface area contributed by atoms with E-state index in [1.54, 1.807) is 65.2 Å². The number of aromatic nitrogens is 1. The Labute approximate surface area is 228 Å². The summed E-state index contributed by atoms with van der Waals surface area (Å²) in [5.41, 5.74) is 4.15. The molecule has 0 aliphatic heterocycles. The van der Waals surface area contributed by atoms with Crippen molar-refractivity contribution >= 4 is 51.7 Å². The second kappa shape index (κ2) is 10.4. The van der Waals surface area contributed by atoms with Gasteiger partial charge in [0.1, 0.15) is 0 Å². The molecular weight excluding hydrogens is 521 g/mol. The van der Waals surface area contributed by atoms with Crippen LogP contribution in [-0.2, 0) is 6.54 Å². The summed E-state index contributed by atoms with van der Waals surface area (Å²) in [5.74, 6) is -1.64. The van der Waals surface area contributed by atoms with Crippen LogP contribution in [0.3, 0.4) is 0 Å². The molecule has 0 saturated carbocycles. The lowest BCUT2D eigenvalue weighted by Gasteiger charge is -2.11. The van der Waals surface area contributed by atoms with Crippen LogP contribution in [0.2, 0.25) is 10.0 Å². The number of fused-ring (bicyclic) bond motifs is 1. The number of carboxylic acid groups (broad SMARTS) is 1. The molecule has 1 amide bonds. The molecule has 186 valence electrons. The molecule has 8 heteroatoms. The lowest BCUT2D eigenvalue weighted by molar-refractivity contribution is 0.0687. The molecule has 2 N–H and O–H groups in total. The molecule has 6 nitrogen and oxygen atoms in total. The zero-order valence-corrected chi connectivity index (χ0v) is 21.3. The van der Waals surface area contributed by atoms with Gasteiger partial charge in [-0.15, -0.1) is 0 Å². The van der Waals surface area contributed by atoms with Crippen molar-refractivity contribution in [1.29, 1.82) is 5.26 Å². The van der Waals surface area contributed by atoms with Gasteiger partial charge in [-0.1, -0.05) is 59.6 Å². The van der Waals surface area contributed by atoms with Crippen molar-refractivity contribution in [2.45, 2.75) is 6.54 Å². The van der Waals surface area contributed by atoms with Gasteiger partial charge in [0.05, 0.1) is 22.8 Å². The van der Waals surface area contributed by atoms with Gasteiger partial charge in [-0.2, -0.15) is 5.26 Å². The molecule has 0 saturated heterocycles. The normalized spacial score (nSPS) is 10.8. The van der Waals surface area contributed by atoms with Gasteiger partial charge in [0.2, 0.25) is 0 Å². The smallest absolute Gasteiger partial charge is 0.354 e. The largest absolute Gasteiger partial charge is 0.477 e. The fourth-order valence-corrected chi connectivity index (χ4v) is 4.72. The lowest BCUT2D eigenvalue weighted by atomic mass is 10.0. The molecule has 0 radical (unpaired) electrons. The van der Waals surface area contributed by atoms with Gasteiger partial charge in [0.25, 0.3) is 5.91 Å². The molecule has 0 unspecified atom stereocenters. The monoisotopic (exact) mass is 539 g/mol. The Morgan fingerprint density at radius 2 is 1.58 bits per heavy atom. The first-order valence-corrected chi connectivity index (χ1v) is 12.3. The number of halogens is 2. The Kier molecular flexibility index (Phi) is 6.89. The van der Waals surface area contributed by atoms with E-state index in [-0.39, 0.29) is 17.9 Å². The zero-order valence-electron chi connectivity index (χ0n) is 19.8. The maximum absolute atomic E-state index is 13.1. The quantitative estimate of drug-likeness (QED) is 0.233. The number of hydrogen-bond acceptors (Lipinski definition) is 3. The summed E-state index contributed by atoms with van der Waals surface area (Å²) in [5, 5.41) is 23.8. The molecule has 38 heavy (non-hydrogen) atoms. The van der Waals surface area contributed by atoms with Crippen molar-refractivity contribution in [3.05, 3.63) is 123 Å². The van der Waals surface area contributed by atoms with Gasteiger partial charge in [-0.25, -0.2) is 4.79 Å². The molecule has 0 aliphatic carbocycles. The van der Waals surface area contributed by atoms with Crippen LogP contribution in [0, 0.1) is 11.3 Å². The first kappa shape index (κ1) is 25.1. The van der Waals surface area contributed by atoms with Crippen molar-refractivity contribution in [1.82, 2.24) is 4.57 Å². The Bertz CT molecular complexity index is 1730. The van der Waals surface area contributed by atoms with Crippen LogP contribution >= 0.6 is 23.2 Å². The minimum Gasteiger partial charge on any atom is -0.477 e. The standard InChI is InChI=1S/C30H19Cl2N3O3/c31-23-11-8-21(9-12-23)29(36)34-27-25-13-10-22(20-6-4-18(16-33)5-7-20)15-26(25)35(28(27)30(37)38)17-19-2-1-3-24(32)14-19/h1-15H,17H2,(H,34,36)(H,37,38). The number of carbonyl (C=O) groups excluding carboxylic acids is 1. The van der Waals surface area contributed by atoms with Crippen LogP contribution in [0.4, 0.5) is 5.69 Å². The van der Waals surface area contributed by atoms with E-state index in [9.17, 15) is 14.7 Å². The predicted molar refractivity (Wildman–Crippen MR) is 149 cm³/mol. The highest BCUT2D eigenvalue weighted by molar-refractivity contribution is 6.31. The van der Waals surface area contributed by atoms with E-state index in [0.717, 1.165) is 16.7 Å². The van der Waals surface area contributed by atoms with Crippen LogP contribution < -0.4 is 5.32 Å². The summed E-state index contributed by atoms with van der Waals surface area (Å²) in [6.45, 7) is 0.215. The van der Waals surface area contributed by atoms with Gasteiger partial charge in [0, 0.05) is 27.5 Å². The fourth-order valence-electron chi connectivity index (χ4n) is 4.38. The van der Waals surface area contributed by atoms with Gasteiger partial charge in [-0.05, 0) is 71.3 Å². The molecule has 0 aliphatic rings. The molecule has 1 aromatic heterocycles. The molecule has 0 atom stereocenters. The molecule has 0 fully saturated rings. The van der Waals surface area contributed by atoms with Crippen LogP contribution in [0.1, 0.15) is 32.0 Å². The first-order chi connectivity index (χ1) is 18.3. The molecule has 4 aromatic carbocycles. The molecule has 0 bridgehead atoms. The van der Waals surface area contributed by atoms with E-state index < -0.39 is 11.9 Å². The highest BCUT2D eigenvalue weighted by Crippen LogP contribution is 2.36. The maximum atomic E-state index is 13.1. The second-order valence-electron chi connectivity index (χ2n) is 8.63. The number of carbonyl (C=O) groups is 2. The molecule has 5 rings (SSSR count). The average Bonchev–Trinajstić information content (AvgIpc) is 3.21. The third-order valence-electron chi connectivity index (χ3n) is 6.19. The molecule has 0 spiro atoms. The third kappa shape index (κ3) is 4.98. The number of hydrogen-bond donors (Lipinski definition) is 2. The van der Waals surface area contributed by atoms with E-state index in [1.165, 1.54) is 0 Å². The van der Waals surface area contributed by atoms with Gasteiger partial charge >= 0.3 is 5.97 Å². The van der Waals surface area contributed by atoms with E-state index in [1.807, 2.05) is 30.3 Å². The third-order valence-corrected chi connectivity index (χ3v) is 6.68.